The van der Waals surface area contributed by atoms with Gasteiger partial charge in [-0.2, -0.15) is 13.1 Å². The fourth-order valence-electron chi connectivity index (χ4n) is 4.65. The minimum Gasteiger partial charge on any atom is -0.496 e. The first-order valence-corrected chi connectivity index (χ1v) is 13.5. The number of fused-ring (bicyclic) bond motifs is 1. The molecule has 1 aliphatic heterocycles. The Balaban J connectivity index is 1.45. The summed E-state index contributed by atoms with van der Waals surface area (Å²) in [6, 6.07) is 8.02. The van der Waals surface area contributed by atoms with E-state index in [-0.39, 0.29) is 34.4 Å². The zero-order valence-electron chi connectivity index (χ0n) is 20.8. The van der Waals surface area contributed by atoms with Gasteiger partial charge in [-0.1, -0.05) is 6.07 Å². The maximum Gasteiger partial charge on any atom is 0.275 e. The van der Waals surface area contributed by atoms with Crippen molar-refractivity contribution < 1.29 is 26.7 Å². The van der Waals surface area contributed by atoms with Crippen LogP contribution >= 0.6 is 0 Å². The number of piperidine rings is 1. The Kier molecular flexibility index (Phi) is 7.16. The molecule has 4 N–H and O–H groups in total. The molecule has 1 saturated heterocycles. The number of carbonyl (C=O) groups is 1. The third-order valence-corrected chi connectivity index (χ3v) is 7.07. The molecule has 0 unspecified atom stereocenters. The van der Waals surface area contributed by atoms with Crippen LogP contribution in [0.15, 0.2) is 55.0 Å². The summed E-state index contributed by atoms with van der Waals surface area (Å²) in [6.07, 6.45) is 5.46. The molecule has 0 saturated carbocycles. The molecule has 0 radical (unpaired) electrons. The summed E-state index contributed by atoms with van der Waals surface area (Å²) in [4.78, 5) is 24.0. The first-order chi connectivity index (χ1) is 18.6. The Morgan fingerprint density at radius 1 is 1.18 bits per heavy atom. The Hall–Kier alpha value is -4.14. The standard InChI is InChI=1S/C25H25F2N7O4S/c1-38-21-4-2-3-17(27)22(21)23-24-29-9-12-34(24)14-19(30-23)25(35)31-18-13-15(26)5-6-20(18)33-10-7-16(8-11-33)32-39(28,36)37/h2-6,9,12-14,16,32H,7-8,10-11H2,1H3,(H,31,35)(H2,28,36,37). The number of hydrogen-bond acceptors (Lipinski definition) is 7. The topological polar surface area (TPSA) is 144 Å². The second kappa shape index (κ2) is 10.6. The van der Waals surface area contributed by atoms with Gasteiger partial charge in [0.2, 0.25) is 0 Å². The van der Waals surface area contributed by atoms with Gasteiger partial charge in [-0.3, -0.25) is 4.79 Å². The number of halogens is 2. The number of ether oxygens (including phenoxy) is 1. The number of amides is 1. The second-order valence-corrected chi connectivity index (χ2v) is 10.3. The van der Waals surface area contributed by atoms with E-state index in [0.29, 0.717) is 37.3 Å². The number of benzene rings is 2. The van der Waals surface area contributed by atoms with Crippen molar-refractivity contribution in [1.29, 1.82) is 0 Å². The number of aromatic nitrogens is 3. The Labute approximate surface area is 222 Å². The molecule has 0 atom stereocenters. The molecule has 1 aliphatic rings. The van der Waals surface area contributed by atoms with E-state index in [4.69, 9.17) is 9.88 Å². The predicted molar refractivity (Wildman–Crippen MR) is 141 cm³/mol. The van der Waals surface area contributed by atoms with Crippen LogP contribution in [0.1, 0.15) is 23.3 Å². The lowest BCUT2D eigenvalue weighted by molar-refractivity contribution is 0.102. The van der Waals surface area contributed by atoms with E-state index in [1.807, 2.05) is 4.90 Å². The molecule has 4 aromatic rings. The van der Waals surface area contributed by atoms with Crippen molar-refractivity contribution in [3.05, 3.63) is 72.3 Å². The van der Waals surface area contributed by atoms with Gasteiger partial charge in [-0.25, -0.2) is 23.9 Å². The van der Waals surface area contributed by atoms with E-state index in [2.05, 4.69) is 20.0 Å². The lowest BCUT2D eigenvalue weighted by Gasteiger charge is -2.34. The van der Waals surface area contributed by atoms with Crippen LogP contribution in [-0.4, -0.2) is 54.9 Å². The van der Waals surface area contributed by atoms with Crippen LogP contribution in [0.2, 0.25) is 0 Å². The van der Waals surface area contributed by atoms with Gasteiger partial charge in [-0.05, 0) is 43.2 Å². The molecule has 39 heavy (non-hydrogen) atoms. The summed E-state index contributed by atoms with van der Waals surface area (Å²) in [7, 11) is -2.43. The maximum absolute atomic E-state index is 14.9. The molecule has 11 nitrogen and oxygen atoms in total. The zero-order chi connectivity index (χ0) is 27.7. The average Bonchev–Trinajstić information content (AvgIpc) is 3.37. The highest BCUT2D eigenvalue weighted by atomic mass is 32.2. The average molecular weight is 558 g/mol. The van der Waals surface area contributed by atoms with Crippen molar-refractivity contribution in [2.45, 2.75) is 18.9 Å². The molecule has 0 bridgehead atoms. The predicted octanol–water partition coefficient (Wildman–Crippen LogP) is 2.70. The molecule has 204 valence electrons. The highest BCUT2D eigenvalue weighted by molar-refractivity contribution is 7.87. The number of imidazole rings is 1. The first kappa shape index (κ1) is 26.5. The van der Waals surface area contributed by atoms with E-state index in [1.54, 1.807) is 22.7 Å². The molecule has 1 fully saturated rings. The van der Waals surface area contributed by atoms with Crippen molar-refractivity contribution in [2.24, 2.45) is 5.14 Å². The van der Waals surface area contributed by atoms with Gasteiger partial charge >= 0.3 is 0 Å². The largest absolute Gasteiger partial charge is 0.496 e. The fourth-order valence-corrected chi connectivity index (χ4v) is 5.35. The Bertz CT molecular complexity index is 1650. The molecule has 2 aromatic heterocycles. The first-order valence-electron chi connectivity index (χ1n) is 12.0. The van der Waals surface area contributed by atoms with Crippen molar-refractivity contribution in [2.75, 3.05) is 30.4 Å². The van der Waals surface area contributed by atoms with Crippen molar-refractivity contribution >= 4 is 33.1 Å². The second-order valence-electron chi connectivity index (χ2n) is 8.99. The van der Waals surface area contributed by atoms with E-state index >= 15 is 0 Å². The number of nitrogens with zero attached hydrogens (tertiary/aromatic N) is 4. The van der Waals surface area contributed by atoms with Gasteiger partial charge in [0.05, 0.1) is 24.0 Å². The molecule has 0 aliphatic carbocycles. The minimum atomic E-state index is -3.83. The summed E-state index contributed by atoms with van der Waals surface area (Å²) in [5.74, 6) is -1.59. The van der Waals surface area contributed by atoms with Gasteiger partial charge in [0.15, 0.2) is 5.65 Å². The van der Waals surface area contributed by atoms with Crippen molar-refractivity contribution in [3.8, 4) is 17.0 Å². The number of methoxy groups -OCH3 is 1. The maximum atomic E-state index is 14.9. The van der Waals surface area contributed by atoms with Crippen molar-refractivity contribution in [3.63, 3.8) is 0 Å². The summed E-state index contributed by atoms with van der Waals surface area (Å²) < 4.78 is 61.1. The van der Waals surface area contributed by atoms with E-state index in [1.165, 1.54) is 43.8 Å². The van der Waals surface area contributed by atoms with E-state index in [0.717, 1.165) is 0 Å². The van der Waals surface area contributed by atoms with Gasteiger partial charge in [-0.15, -0.1) is 0 Å². The molecule has 0 spiro atoms. The van der Waals surface area contributed by atoms with Gasteiger partial charge < -0.3 is 19.4 Å². The molecular weight excluding hydrogens is 532 g/mol. The fraction of sp³-hybridized carbons (Fsp3) is 0.240. The normalized spacial score (nSPS) is 14.5. The highest BCUT2D eigenvalue weighted by Crippen LogP contribution is 2.34. The lowest BCUT2D eigenvalue weighted by atomic mass is 10.0. The van der Waals surface area contributed by atoms with E-state index < -0.39 is 27.8 Å². The number of anilines is 2. The van der Waals surface area contributed by atoms with Gasteiger partial charge in [0.1, 0.15) is 28.8 Å². The number of rotatable bonds is 7. The van der Waals surface area contributed by atoms with Crippen molar-refractivity contribution in [1.82, 2.24) is 19.1 Å². The molecule has 14 heteroatoms. The summed E-state index contributed by atoms with van der Waals surface area (Å²) in [5.41, 5.74) is 1.16. The summed E-state index contributed by atoms with van der Waals surface area (Å²) in [5, 5.41) is 7.80. The quantitative estimate of drug-likeness (QED) is 0.317. The molecule has 1 amide bonds. The minimum absolute atomic E-state index is 0.0493. The van der Waals surface area contributed by atoms with Gasteiger partial charge in [0, 0.05) is 37.7 Å². The van der Waals surface area contributed by atoms with Crippen LogP contribution < -0.4 is 24.8 Å². The Morgan fingerprint density at radius 2 is 1.95 bits per heavy atom. The third-order valence-electron chi connectivity index (χ3n) is 6.41. The van der Waals surface area contributed by atoms with Crippen LogP contribution in [-0.2, 0) is 10.2 Å². The van der Waals surface area contributed by atoms with Crippen LogP contribution in [0, 0.1) is 11.6 Å². The van der Waals surface area contributed by atoms with Gasteiger partial charge in [0.25, 0.3) is 16.1 Å². The Morgan fingerprint density at radius 3 is 2.67 bits per heavy atom. The van der Waals surface area contributed by atoms with E-state index in [9.17, 15) is 22.0 Å². The highest BCUT2D eigenvalue weighted by Gasteiger charge is 2.25. The number of nitrogens with one attached hydrogen (secondary N) is 2. The van der Waals surface area contributed by atoms with Crippen LogP contribution in [0.3, 0.4) is 0 Å². The zero-order valence-corrected chi connectivity index (χ0v) is 21.6. The molecule has 2 aromatic carbocycles. The molecule has 3 heterocycles. The lowest BCUT2D eigenvalue weighted by Crippen LogP contribution is -2.46. The summed E-state index contributed by atoms with van der Waals surface area (Å²) in [6.45, 7) is 0.885. The number of carbonyl (C=O) groups excluding carboxylic acids is 1. The SMILES string of the molecule is COc1cccc(F)c1-c1nc(C(=O)Nc2cc(F)ccc2N2CCC(NS(N)(=O)=O)CC2)cn2ccnc12. The van der Waals surface area contributed by atoms with Crippen LogP contribution in [0.5, 0.6) is 5.75 Å². The van der Waals surface area contributed by atoms with Crippen LogP contribution in [0.25, 0.3) is 16.9 Å². The van der Waals surface area contributed by atoms with Crippen LogP contribution in [0.4, 0.5) is 20.2 Å². The number of hydrogen-bond donors (Lipinski definition) is 3. The summed E-state index contributed by atoms with van der Waals surface area (Å²) >= 11 is 0. The molecule has 5 rings (SSSR count). The monoisotopic (exact) mass is 557 g/mol. The number of nitrogens with two attached hydrogens (primary N) is 1. The third kappa shape index (κ3) is 5.67. The smallest absolute Gasteiger partial charge is 0.275 e. The molecular formula is C25H25F2N7O4S.